The number of aliphatic carboxylic acids is 1. The van der Waals surface area contributed by atoms with Gasteiger partial charge in [0.05, 0.1) is 22.1 Å². The van der Waals surface area contributed by atoms with Gasteiger partial charge in [0.1, 0.15) is 18.8 Å². The van der Waals surface area contributed by atoms with Crippen LogP contribution < -0.4 is 9.64 Å². The van der Waals surface area contributed by atoms with E-state index in [1.807, 2.05) is 0 Å². The van der Waals surface area contributed by atoms with Crippen molar-refractivity contribution in [1.29, 1.82) is 0 Å². The van der Waals surface area contributed by atoms with Crippen molar-refractivity contribution in [1.82, 2.24) is 9.80 Å². The number of hydrogen-bond acceptors (Lipinski definition) is 6. The van der Waals surface area contributed by atoms with E-state index in [4.69, 9.17) is 17.0 Å². The summed E-state index contributed by atoms with van der Waals surface area (Å²) in [5, 5.41) is 8.74. The van der Waals surface area contributed by atoms with E-state index in [-0.39, 0.29) is 30.2 Å². The fraction of sp³-hybridized carbons (Fsp3) is 0.440. The van der Waals surface area contributed by atoms with Crippen LogP contribution in [-0.4, -0.2) is 64.5 Å². The van der Waals surface area contributed by atoms with E-state index in [2.05, 4.69) is 0 Å². The van der Waals surface area contributed by atoms with Gasteiger partial charge < -0.3 is 19.2 Å². The molecule has 1 aromatic carbocycles. The van der Waals surface area contributed by atoms with Crippen LogP contribution in [-0.2, 0) is 20.9 Å². The van der Waals surface area contributed by atoms with E-state index in [1.54, 1.807) is 38.1 Å². The number of ether oxygens (including phenoxy) is 1. The predicted octanol–water partition coefficient (Wildman–Crippen LogP) is 3.51. The van der Waals surface area contributed by atoms with Gasteiger partial charge in [-0.25, -0.2) is 4.79 Å². The predicted molar refractivity (Wildman–Crippen MR) is 127 cm³/mol. The number of rotatable bonds is 11. The Morgan fingerprint density at radius 2 is 1.89 bits per heavy atom. The maximum absolute atomic E-state index is 13.5. The summed E-state index contributed by atoms with van der Waals surface area (Å²) in [6.07, 6.45) is 3.17. The molecule has 0 unspecified atom stereocenters. The lowest BCUT2D eigenvalue weighted by molar-refractivity contribution is -0.137. The lowest BCUT2D eigenvalue weighted by atomic mass is 10.1. The number of nitrogens with zero attached hydrogens (tertiary/aromatic N) is 3. The maximum Gasteiger partial charge on any atom is 0.327 e. The summed E-state index contributed by atoms with van der Waals surface area (Å²) in [5.41, 5.74) is 0.0931. The first-order valence-corrected chi connectivity index (χ1v) is 11.5. The molecule has 0 spiro atoms. The number of anilines is 1. The van der Waals surface area contributed by atoms with E-state index in [0.29, 0.717) is 19.3 Å². The minimum absolute atomic E-state index is 0.0710. The highest BCUT2D eigenvalue weighted by Gasteiger charge is 2.38. The smallest absolute Gasteiger partial charge is 0.327 e. The molecule has 2 aromatic rings. The molecule has 1 aliphatic heterocycles. The van der Waals surface area contributed by atoms with Gasteiger partial charge in [0.15, 0.2) is 0 Å². The molecule has 0 bridgehead atoms. The summed E-state index contributed by atoms with van der Waals surface area (Å²) in [7, 11) is 0. The lowest BCUT2D eigenvalue weighted by Gasteiger charge is -2.36. The van der Waals surface area contributed by atoms with Crippen molar-refractivity contribution < 1.29 is 36.2 Å². The van der Waals surface area contributed by atoms with Gasteiger partial charge in [-0.2, -0.15) is 0 Å². The monoisotopic (exact) mass is 487 g/mol. The standard InChI is InChI=1S/C25H31N3O7/c1-18(2)26(15-19-9-5-6-10-20(19)34-13-7-3-4-12-24(31)32)25(33)28-17-21(29)27(16-22(28)30)23-11-8-14-35-23/h5-6,8-11,14,18H,3-4,7,12-13,15-17H2,1-2H3,(H,31,32)/i15D2. The van der Waals surface area contributed by atoms with Crippen LogP contribution in [0.5, 0.6) is 5.75 Å². The van der Waals surface area contributed by atoms with Crippen LogP contribution in [0.4, 0.5) is 10.7 Å². The first kappa shape index (κ1) is 22.9. The highest BCUT2D eigenvalue weighted by Crippen LogP contribution is 2.24. The first-order chi connectivity index (χ1) is 17.5. The molecule has 0 atom stereocenters. The lowest BCUT2D eigenvalue weighted by Crippen LogP contribution is -2.59. The van der Waals surface area contributed by atoms with Gasteiger partial charge in [0.2, 0.25) is 11.8 Å². The number of unbranched alkanes of at least 4 members (excludes halogenated alkanes) is 2. The Labute approximate surface area is 206 Å². The van der Waals surface area contributed by atoms with E-state index in [1.165, 1.54) is 18.4 Å². The normalized spacial score (nSPS) is 15.2. The van der Waals surface area contributed by atoms with Crippen molar-refractivity contribution >= 4 is 29.7 Å². The number of carboxylic acids is 1. The number of piperazine rings is 1. The van der Waals surface area contributed by atoms with Gasteiger partial charge in [-0.05, 0) is 45.2 Å². The molecule has 1 saturated heterocycles. The van der Waals surface area contributed by atoms with Crippen molar-refractivity contribution in [2.75, 3.05) is 24.6 Å². The molecule has 2 heterocycles. The number of benzene rings is 1. The van der Waals surface area contributed by atoms with E-state index in [0.717, 1.165) is 14.7 Å². The van der Waals surface area contributed by atoms with Crippen LogP contribution >= 0.6 is 0 Å². The second kappa shape index (κ2) is 12.0. The van der Waals surface area contributed by atoms with Crippen molar-refractivity contribution in [2.45, 2.75) is 52.1 Å². The van der Waals surface area contributed by atoms with Crippen LogP contribution in [0.3, 0.4) is 0 Å². The Morgan fingerprint density at radius 1 is 1.11 bits per heavy atom. The molecule has 10 heteroatoms. The first-order valence-electron chi connectivity index (χ1n) is 12.5. The number of urea groups is 1. The summed E-state index contributed by atoms with van der Waals surface area (Å²) < 4.78 is 28.8. The fourth-order valence-corrected chi connectivity index (χ4v) is 3.50. The third-order valence-corrected chi connectivity index (χ3v) is 5.33. The third-order valence-electron chi connectivity index (χ3n) is 5.33. The average molecular weight is 488 g/mol. The second-order valence-electron chi connectivity index (χ2n) is 8.32. The summed E-state index contributed by atoms with van der Waals surface area (Å²) in [4.78, 5) is 52.6. The molecular weight excluding hydrogens is 454 g/mol. The fourth-order valence-electron chi connectivity index (χ4n) is 3.50. The van der Waals surface area contributed by atoms with E-state index in [9.17, 15) is 19.2 Å². The topological polar surface area (TPSA) is 121 Å². The molecule has 10 nitrogen and oxygen atoms in total. The molecule has 1 fully saturated rings. The van der Waals surface area contributed by atoms with Gasteiger partial charge in [0, 0.05) is 24.1 Å². The molecule has 35 heavy (non-hydrogen) atoms. The van der Waals surface area contributed by atoms with E-state index < -0.39 is 49.4 Å². The van der Waals surface area contributed by atoms with Crippen LogP contribution in [0.25, 0.3) is 0 Å². The quantitative estimate of drug-likeness (QED) is 0.482. The Morgan fingerprint density at radius 3 is 2.57 bits per heavy atom. The van der Waals surface area contributed by atoms with Crippen LogP contribution in [0.2, 0.25) is 0 Å². The molecule has 1 N–H and O–H groups in total. The zero-order chi connectivity index (χ0) is 27.2. The number of para-hydroxylation sites is 1. The van der Waals surface area contributed by atoms with Gasteiger partial charge in [-0.1, -0.05) is 18.2 Å². The van der Waals surface area contributed by atoms with Crippen molar-refractivity contribution in [3.63, 3.8) is 0 Å². The Bertz CT molecular complexity index is 1120. The summed E-state index contributed by atoms with van der Waals surface area (Å²) in [5.74, 6) is -1.63. The summed E-state index contributed by atoms with van der Waals surface area (Å²) in [6, 6.07) is 7.90. The molecule has 3 rings (SSSR count). The molecule has 188 valence electrons. The minimum atomic E-state index is -2.38. The van der Waals surface area contributed by atoms with Crippen molar-refractivity contribution in [3.8, 4) is 5.75 Å². The van der Waals surface area contributed by atoms with Crippen LogP contribution in [0, 0.1) is 0 Å². The van der Waals surface area contributed by atoms with Crippen LogP contribution in [0.1, 0.15) is 47.8 Å². The van der Waals surface area contributed by atoms with Gasteiger partial charge in [-0.15, -0.1) is 0 Å². The Balaban J connectivity index is 1.76. The summed E-state index contributed by atoms with van der Waals surface area (Å²) in [6.45, 7) is 0.136. The highest BCUT2D eigenvalue weighted by atomic mass is 16.5. The van der Waals surface area contributed by atoms with Gasteiger partial charge in [0.25, 0.3) is 5.91 Å². The Kier molecular flexibility index (Phi) is 7.90. The van der Waals surface area contributed by atoms with Crippen molar-refractivity contribution in [2.24, 2.45) is 0 Å². The number of amides is 4. The molecule has 1 aromatic heterocycles. The maximum atomic E-state index is 13.5. The summed E-state index contributed by atoms with van der Waals surface area (Å²) >= 11 is 0. The van der Waals surface area contributed by atoms with Crippen LogP contribution in [0.15, 0.2) is 47.1 Å². The van der Waals surface area contributed by atoms with E-state index >= 15 is 0 Å². The number of furan rings is 1. The molecular formula is C25H31N3O7. The number of carbonyl (C=O) groups is 4. The van der Waals surface area contributed by atoms with Gasteiger partial charge in [-0.3, -0.25) is 24.2 Å². The van der Waals surface area contributed by atoms with Crippen molar-refractivity contribution in [3.05, 3.63) is 48.2 Å². The molecule has 1 aliphatic rings. The molecule has 0 saturated carbocycles. The average Bonchev–Trinajstić information content (AvgIpc) is 3.37. The minimum Gasteiger partial charge on any atom is -0.493 e. The number of carboxylic acid groups (broad SMARTS) is 1. The second-order valence-corrected chi connectivity index (χ2v) is 8.32. The highest BCUT2D eigenvalue weighted by molar-refractivity contribution is 6.09. The third kappa shape index (κ3) is 6.84. The largest absolute Gasteiger partial charge is 0.493 e. The zero-order valence-corrected chi connectivity index (χ0v) is 19.8. The van der Waals surface area contributed by atoms with Gasteiger partial charge >= 0.3 is 12.0 Å². The number of imide groups is 1. The Hall–Kier alpha value is -3.82. The molecule has 0 radical (unpaired) electrons. The molecule has 0 aliphatic carbocycles. The molecule has 4 amide bonds. The number of hydrogen-bond donors (Lipinski definition) is 1. The SMILES string of the molecule is [2H]C([2H])(c1ccccc1OCCCCCC(=O)O)N(C(=O)N1CC(=O)N(c2ccco2)CC1=O)C(C)C. The zero-order valence-electron chi connectivity index (χ0n) is 21.8. The number of carbonyl (C=O) groups excluding carboxylic acids is 3.